The Morgan fingerprint density at radius 3 is 2.73 bits per heavy atom. The molecule has 0 amide bonds. The fourth-order valence-electron chi connectivity index (χ4n) is 2.09. The fourth-order valence-corrected chi connectivity index (χ4v) is 2.09. The number of alkyl halides is 1. The Kier molecular flexibility index (Phi) is 3.03. The predicted molar refractivity (Wildman–Crippen MR) is 59.2 cm³/mol. The van der Waals surface area contributed by atoms with E-state index in [-0.39, 0.29) is 0 Å². The molecule has 3 N–H and O–H groups in total. The van der Waals surface area contributed by atoms with E-state index in [1.807, 2.05) is 24.3 Å². The summed E-state index contributed by atoms with van der Waals surface area (Å²) in [7, 11) is 0. The maximum Gasteiger partial charge on any atom is 0.138 e. The van der Waals surface area contributed by atoms with E-state index in [0.29, 0.717) is 19.4 Å². The summed E-state index contributed by atoms with van der Waals surface area (Å²) in [5.74, 6) is 0. The number of piperidine rings is 1. The molecule has 0 aliphatic carbocycles. The van der Waals surface area contributed by atoms with E-state index in [1.54, 1.807) is 0 Å². The third-order valence-corrected chi connectivity index (χ3v) is 3.08. The highest BCUT2D eigenvalue weighted by molar-refractivity contribution is 5.28. The van der Waals surface area contributed by atoms with Gasteiger partial charge in [-0.2, -0.15) is 0 Å². The van der Waals surface area contributed by atoms with Crippen LogP contribution in [0.25, 0.3) is 0 Å². The highest BCUT2D eigenvalue weighted by atomic mass is 19.1. The van der Waals surface area contributed by atoms with Crippen LogP contribution < -0.4 is 11.1 Å². The minimum Gasteiger partial charge on any atom is -0.326 e. The van der Waals surface area contributed by atoms with Gasteiger partial charge in [0.1, 0.15) is 5.67 Å². The molecule has 1 aliphatic rings. The molecule has 2 nitrogen and oxygen atoms in total. The molecule has 1 fully saturated rings. The van der Waals surface area contributed by atoms with Crippen LogP contribution >= 0.6 is 0 Å². The lowest BCUT2D eigenvalue weighted by molar-refractivity contribution is 0.115. The van der Waals surface area contributed by atoms with Gasteiger partial charge in [-0.05, 0) is 37.1 Å². The van der Waals surface area contributed by atoms with E-state index in [2.05, 4.69) is 5.32 Å². The number of halogens is 1. The van der Waals surface area contributed by atoms with Crippen molar-refractivity contribution in [2.45, 2.75) is 25.1 Å². The van der Waals surface area contributed by atoms with Gasteiger partial charge in [0, 0.05) is 6.54 Å². The first-order chi connectivity index (χ1) is 7.24. The van der Waals surface area contributed by atoms with E-state index in [1.165, 1.54) is 0 Å². The standard InChI is InChI=1S/C12H17FN2/c13-12(4-6-15-7-5-12)11-3-1-2-10(8-11)9-14/h1-3,8,15H,4-7,9,14H2. The zero-order valence-corrected chi connectivity index (χ0v) is 8.80. The highest BCUT2D eigenvalue weighted by Crippen LogP contribution is 2.35. The van der Waals surface area contributed by atoms with Crippen molar-refractivity contribution in [3.8, 4) is 0 Å². The van der Waals surface area contributed by atoms with Crippen molar-refractivity contribution >= 4 is 0 Å². The molecule has 1 heterocycles. The van der Waals surface area contributed by atoms with Crippen LogP contribution in [0.15, 0.2) is 24.3 Å². The molecule has 0 atom stereocenters. The second-order valence-corrected chi connectivity index (χ2v) is 4.12. The molecule has 15 heavy (non-hydrogen) atoms. The second-order valence-electron chi connectivity index (χ2n) is 4.12. The summed E-state index contributed by atoms with van der Waals surface area (Å²) in [4.78, 5) is 0. The van der Waals surface area contributed by atoms with Crippen molar-refractivity contribution in [2.75, 3.05) is 13.1 Å². The lowest BCUT2D eigenvalue weighted by atomic mass is 9.86. The van der Waals surface area contributed by atoms with Crippen molar-refractivity contribution in [3.05, 3.63) is 35.4 Å². The average molecular weight is 208 g/mol. The fraction of sp³-hybridized carbons (Fsp3) is 0.500. The first-order valence-electron chi connectivity index (χ1n) is 5.44. The van der Waals surface area contributed by atoms with Crippen molar-refractivity contribution < 1.29 is 4.39 Å². The van der Waals surface area contributed by atoms with Crippen LogP contribution in [0.5, 0.6) is 0 Å². The van der Waals surface area contributed by atoms with Crippen molar-refractivity contribution in [1.82, 2.24) is 5.32 Å². The van der Waals surface area contributed by atoms with Crippen molar-refractivity contribution in [3.63, 3.8) is 0 Å². The quantitative estimate of drug-likeness (QED) is 0.776. The van der Waals surface area contributed by atoms with Gasteiger partial charge in [0.15, 0.2) is 0 Å². The van der Waals surface area contributed by atoms with E-state index in [4.69, 9.17) is 5.73 Å². The molecule has 3 heteroatoms. The molecule has 1 aromatic rings. The van der Waals surface area contributed by atoms with Crippen molar-refractivity contribution in [2.24, 2.45) is 5.73 Å². The average Bonchev–Trinajstić information content (AvgIpc) is 2.30. The van der Waals surface area contributed by atoms with Gasteiger partial charge in [-0.1, -0.05) is 24.3 Å². The molecule has 0 saturated carbocycles. The van der Waals surface area contributed by atoms with Gasteiger partial charge in [-0.15, -0.1) is 0 Å². The van der Waals surface area contributed by atoms with Crippen LogP contribution in [0, 0.1) is 0 Å². The molecule has 1 aromatic carbocycles. The van der Waals surface area contributed by atoms with Crippen LogP contribution in [-0.2, 0) is 12.2 Å². The van der Waals surface area contributed by atoms with Gasteiger partial charge >= 0.3 is 0 Å². The Labute approximate surface area is 89.7 Å². The minimum atomic E-state index is -1.16. The summed E-state index contributed by atoms with van der Waals surface area (Å²) in [5, 5.41) is 3.17. The zero-order chi connectivity index (χ0) is 10.7. The Balaban J connectivity index is 2.26. The molecule has 0 bridgehead atoms. The topological polar surface area (TPSA) is 38.0 Å². The number of nitrogens with two attached hydrogens (primary N) is 1. The van der Waals surface area contributed by atoms with Crippen LogP contribution in [0.1, 0.15) is 24.0 Å². The third kappa shape index (κ3) is 2.19. The number of benzene rings is 1. The number of nitrogens with one attached hydrogen (secondary N) is 1. The first-order valence-corrected chi connectivity index (χ1v) is 5.44. The number of rotatable bonds is 2. The first kappa shape index (κ1) is 10.6. The number of hydrogen-bond donors (Lipinski definition) is 2. The molecule has 1 saturated heterocycles. The Bertz CT molecular complexity index is 332. The van der Waals surface area contributed by atoms with Gasteiger partial charge in [-0.3, -0.25) is 0 Å². The zero-order valence-electron chi connectivity index (χ0n) is 8.80. The van der Waals surface area contributed by atoms with Gasteiger partial charge in [0.2, 0.25) is 0 Å². The minimum absolute atomic E-state index is 0.474. The molecule has 0 radical (unpaired) electrons. The third-order valence-electron chi connectivity index (χ3n) is 3.08. The number of hydrogen-bond acceptors (Lipinski definition) is 2. The van der Waals surface area contributed by atoms with Gasteiger partial charge in [0.05, 0.1) is 0 Å². The molecular formula is C12H17FN2. The maximum atomic E-state index is 14.5. The molecule has 82 valence electrons. The molecule has 0 spiro atoms. The highest BCUT2D eigenvalue weighted by Gasteiger charge is 2.33. The monoisotopic (exact) mass is 208 g/mol. The van der Waals surface area contributed by atoms with Crippen LogP contribution in [0.4, 0.5) is 4.39 Å². The molecule has 2 rings (SSSR count). The van der Waals surface area contributed by atoms with E-state index in [9.17, 15) is 4.39 Å². The molecular weight excluding hydrogens is 191 g/mol. The molecule has 0 unspecified atom stereocenters. The lowest BCUT2D eigenvalue weighted by Gasteiger charge is -2.30. The summed E-state index contributed by atoms with van der Waals surface area (Å²) >= 11 is 0. The Morgan fingerprint density at radius 1 is 1.33 bits per heavy atom. The smallest absolute Gasteiger partial charge is 0.138 e. The summed E-state index contributed by atoms with van der Waals surface area (Å²) in [6.45, 7) is 1.98. The van der Waals surface area contributed by atoms with Gasteiger partial charge < -0.3 is 11.1 Å². The second kappa shape index (κ2) is 4.29. The lowest BCUT2D eigenvalue weighted by Crippen LogP contribution is -2.36. The van der Waals surface area contributed by atoms with E-state index < -0.39 is 5.67 Å². The summed E-state index contributed by atoms with van der Waals surface area (Å²) < 4.78 is 14.5. The van der Waals surface area contributed by atoms with E-state index >= 15 is 0 Å². The largest absolute Gasteiger partial charge is 0.326 e. The predicted octanol–water partition coefficient (Wildman–Crippen LogP) is 1.69. The maximum absolute atomic E-state index is 14.5. The van der Waals surface area contributed by atoms with Crippen LogP contribution in [0.3, 0.4) is 0 Å². The Morgan fingerprint density at radius 2 is 2.07 bits per heavy atom. The van der Waals surface area contributed by atoms with E-state index in [0.717, 1.165) is 24.2 Å². The van der Waals surface area contributed by atoms with Crippen molar-refractivity contribution in [1.29, 1.82) is 0 Å². The summed E-state index contributed by atoms with van der Waals surface area (Å²) in [5.41, 5.74) is 6.19. The molecule has 0 aromatic heterocycles. The summed E-state index contributed by atoms with van der Waals surface area (Å²) in [6.07, 6.45) is 1.11. The molecule has 1 aliphatic heterocycles. The van der Waals surface area contributed by atoms with Gasteiger partial charge in [0.25, 0.3) is 0 Å². The summed E-state index contributed by atoms with van der Waals surface area (Å²) in [6, 6.07) is 7.59. The van der Waals surface area contributed by atoms with Crippen LogP contribution in [0.2, 0.25) is 0 Å². The SMILES string of the molecule is NCc1cccc(C2(F)CCNCC2)c1. The Hall–Kier alpha value is -0.930. The van der Waals surface area contributed by atoms with Gasteiger partial charge in [-0.25, -0.2) is 4.39 Å². The van der Waals surface area contributed by atoms with Crippen LogP contribution in [-0.4, -0.2) is 13.1 Å². The normalized spacial score (nSPS) is 20.1.